The normalized spacial score (nSPS) is 12.6. The first-order valence-electron chi connectivity index (χ1n) is 10.8. The number of benzene rings is 2. The molecule has 0 unspecified atom stereocenters. The second kappa shape index (κ2) is 11.9. The van der Waals surface area contributed by atoms with E-state index in [4.69, 9.17) is 0 Å². The quantitative estimate of drug-likeness (QED) is 0.539. The lowest BCUT2D eigenvalue weighted by Gasteiger charge is -2.32. The van der Waals surface area contributed by atoms with Gasteiger partial charge in [0.15, 0.2) is 0 Å². The molecule has 0 aromatic heterocycles. The molecule has 33 heavy (non-hydrogen) atoms. The number of amides is 2. The number of halogens is 1. The standard InChI is InChI=1S/C24H32FN3O4S/c1-18(2)14-15-26-24(30)23(20-8-6-5-7-9-20)28(16-19-10-12-21(25)13-11-19)22(29)17-27(3)33(4,31)32/h5-13,18,23H,14-17H2,1-4H3,(H,26,30)/t23-/m1/s1. The van der Waals surface area contributed by atoms with Crippen molar-refractivity contribution in [1.82, 2.24) is 14.5 Å². The SMILES string of the molecule is CC(C)CCNC(=O)[C@@H](c1ccccc1)N(Cc1ccc(F)cc1)C(=O)CN(C)S(C)(=O)=O. The van der Waals surface area contributed by atoms with Crippen molar-refractivity contribution >= 4 is 21.8 Å². The Morgan fingerprint density at radius 1 is 1.03 bits per heavy atom. The summed E-state index contributed by atoms with van der Waals surface area (Å²) in [6.07, 6.45) is 1.79. The van der Waals surface area contributed by atoms with E-state index in [0.717, 1.165) is 17.0 Å². The molecule has 0 saturated carbocycles. The molecule has 0 radical (unpaired) electrons. The van der Waals surface area contributed by atoms with Gasteiger partial charge in [-0.05, 0) is 35.6 Å². The van der Waals surface area contributed by atoms with Gasteiger partial charge in [-0.2, -0.15) is 4.31 Å². The molecule has 180 valence electrons. The molecule has 0 aliphatic rings. The first-order valence-corrected chi connectivity index (χ1v) is 12.6. The Labute approximate surface area is 195 Å². The maximum Gasteiger partial charge on any atom is 0.247 e. The molecule has 0 aliphatic heterocycles. The smallest absolute Gasteiger partial charge is 0.247 e. The van der Waals surface area contributed by atoms with Gasteiger partial charge in [0.2, 0.25) is 21.8 Å². The summed E-state index contributed by atoms with van der Waals surface area (Å²) in [4.78, 5) is 28.0. The Kier molecular flexibility index (Phi) is 9.55. The van der Waals surface area contributed by atoms with Gasteiger partial charge < -0.3 is 10.2 Å². The summed E-state index contributed by atoms with van der Waals surface area (Å²) in [5, 5.41) is 2.90. The van der Waals surface area contributed by atoms with Crippen LogP contribution in [0.15, 0.2) is 54.6 Å². The largest absolute Gasteiger partial charge is 0.354 e. The Balaban J connectivity index is 2.44. The van der Waals surface area contributed by atoms with Crippen LogP contribution in [0.1, 0.15) is 37.4 Å². The first-order chi connectivity index (χ1) is 15.5. The summed E-state index contributed by atoms with van der Waals surface area (Å²) in [7, 11) is -2.30. The number of rotatable bonds is 11. The summed E-state index contributed by atoms with van der Waals surface area (Å²) < 4.78 is 38.2. The van der Waals surface area contributed by atoms with Gasteiger partial charge in [0.25, 0.3) is 0 Å². The highest BCUT2D eigenvalue weighted by Crippen LogP contribution is 2.24. The number of nitrogens with one attached hydrogen (secondary N) is 1. The molecule has 2 aromatic rings. The predicted octanol–water partition coefficient (Wildman–Crippen LogP) is 2.95. The van der Waals surface area contributed by atoms with E-state index in [1.165, 1.54) is 36.2 Å². The van der Waals surface area contributed by atoms with Gasteiger partial charge in [0.05, 0.1) is 12.8 Å². The molecular weight excluding hydrogens is 445 g/mol. The van der Waals surface area contributed by atoms with Crippen molar-refractivity contribution in [2.45, 2.75) is 32.9 Å². The van der Waals surface area contributed by atoms with Gasteiger partial charge in [0.1, 0.15) is 11.9 Å². The van der Waals surface area contributed by atoms with Crippen LogP contribution >= 0.6 is 0 Å². The van der Waals surface area contributed by atoms with Crippen molar-refractivity contribution in [3.63, 3.8) is 0 Å². The van der Waals surface area contributed by atoms with E-state index >= 15 is 0 Å². The summed E-state index contributed by atoms with van der Waals surface area (Å²) in [5.41, 5.74) is 1.21. The molecule has 0 heterocycles. The molecule has 0 spiro atoms. The lowest BCUT2D eigenvalue weighted by molar-refractivity contribution is -0.141. The van der Waals surface area contributed by atoms with E-state index in [1.54, 1.807) is 30.3 Å². The van der Waals surface area contributed by atoms with Crippen LogP contribution in [0.4, 0.5) is 4.39 Å². The van der Waals surface area contributed by atoms with E-state index in [9.17, 15) is 22.4 Å². The number of hydrogen-bond donors (Lipinski definition) is 1. The second-order valence-corrected chi connectivity index (χ2v) is 10.5. The van der Waals surface area contributed by atoms with Crippen LogP contribution in [0.25, 0.3) is 0 Å². The lowest BCUT2D eigenvalue weighted by atomic mass is 10.0. The average Bonchev–Trinajstić information content (AvgIpc) is 2.74. The molecule has 1 N–H and O–H groups in total. The minimum Gasteiger partial charge on any atom is -0.354 e. The molecule has 0 bridgehead atoms. The number of sulfonamides is 1. The molecule has 2 amide bonds. The molecule has 0 fully saturated rings. The van der Waals surface area contributed by atoms with E-state index < -0.39 is 34.3 Å². The Morgan fingerprint density at radius 3 is 2.18 bits per heavy atom. The van der Waals surface area contributed by atoms with Crippen LogP contribution in [-0.4, -0.2) is 55.8 Å². The van der Waals surface area contributed by atoms with Gasteiger partial charge in [-0.3, -0.25) is 9.59 Å². The third-order valence-electron chi connectivity index (χ3n) is 5.21. The third-order valence-corrected chi connectivity index (χ3v) is 6.47. The molecule has 2 aromatic carbocycles. The molecule has 1 atom stereocenters. The van der Waals surface area contributed by atoms with Crippen molar-refractivity contribution in [2.75, 3.05) is 26.4 Å². The van der Waals surface area contributed by atoms with Crippen molar-refractivity contribution in [3.8, 4) is 0 Å². The van der Waals surface area contributed by atoms with Gasteiger partial charge in [-0.1, -0.05) is 56.3 Å². The molecule has 0 saturated heterocycles. The van der Waals surface area contributed by atoms with Crippen LogP contribution in [0, 0.1) is 11.7 Å². The Hall–Kier alpha value is -2.78. The summed E-state index contributed by atoms with van der Waals surface area (Å²) >= 11 is 0. The zero-order valence-electron chi connectivity index (χ0n) is 19.5. The highest BCUT2D eigenvalue weighted by molar-refractivity contribution is 7.88. The molecule has 9 heteroatoms. The summed E-state index contributed by atoms with van der Waals surface area (Å²) in [6.45, 7) is 4.12. The second-order valence-electron chi connectivity index (χ2n) is 8.45. The van der Waals surface area contributed by atoms with Gasteiger partial charge in [0, 0.05) is 20.1 Å². The monoisotopic (exact) mass is 477 g/mol. The van der Waals surface area contributed by atoms with Gasteiger partial charge in [-0.25, -0.2) is 12.8 Å². The van der Waals surface area contributed by atoms with Crippen molar-refractivity contribution in [1.29, 1.82) is 0 Å². The van der Waals surface area contributed by atoms with E-state index in [1.807, 2.05) is 13.8 Å². The summed E-state index contributed by atoms with van der Waals surface area (Å²) in [6, 6.07) is 13.5. The number of nitrogens with zero attached hydrogens (tertiary/aromatic N) is 2. The van der Waals surface area contributed by atoms with Crippen molar-refractivity contribution in [3.05, 3.63) is 71.5 Å². The van der Waals surface area contributed by atoms with Crippen LogP contribution in [-0.2, 0) is 26.2 Å². The molecule has 0 aliphatic carbocycles. The van der Waals surface area contributed by atoms with Crippen LogP contribution in [0.5, 0.6) is 0 Å². The predicted molar refractivity (Wildman–Crippen MR) is 126 cm³/mol. The maximum atomic E-state index is 13.4. The molecular formula is C24H32FN3O4S. The minimum atomic E-state index is -3.61. The molecule has 7 nitrogen and oxygen atoms in total. The fraction of sp³-hybridized carbons (Fsp3) is 0.417. The number of carbonyl (C=O) groups excluding carboxylic acids is 2. The van der Waals surface area contributed by atoms with E-state index in [-0.39, 0.29) is 12.5 Å². The Bertz CT molecular complexity index is 1030. The van der Waals surface area contributed by atoms with E-state index in [0.29, 0.717) is 23.6 Å². The average molecular weight is 478 g/mol. The first kappa shape index (κ1) is 26.5. The van der Waals surface area contributed by atoms with Gasteiger partial charge >= 0.3 is 0 Å². The highest BCUT2D eigenvalue weighted by Gasteiger charge is 2.32. The third kappa shape index (κ3) is 8.25. The minimum absolute atomic E-state index is 0.00781. The van der Waals surface area contributed by atoms with Crippen LogP contribution in [0.3, 0.4) is 0 Å². The fourth-order valence-electron chi connectivity index (χ4n) is 3.20. The maximum absolute atomic E-state index is 13.4. The molecule has 2 rings (SSSR count). The summed E-state index contributed by atoms with van der Waals surface area (Å²) in [5.74, 6) is -0.931. The number of carbonyl (C=O) groups is 2. The fourth-order valence-corrected chi connectivity index (χ4v) is 3.54. The van der Waals surface area contributed by atoms with E-state index in [2.05, 4.69) is 5.32 Å². The number of likely N-dealkylation sites (N-methyl/N-ethyl adjacent to an activating group) is 1. The topological polar surface area (TPSA) is 86.8 Å². The zero-order chi connectivity index (χ0) is 24.6. The van der Waals surface area contributed by atoms with Gasteiger partial charge in [-0.15, -0.1) is 0 Å². The lowest BCUT2D eigenvalue weighted by Crippen LogP contribution is -2.47. The zero-order valence-corrected chi connectivity index (χ0v) is 20.3. The Morgan fingerprint density at radius 2 is 1.64 bits per heavy atom. The van der Waals surface area contributed by atoms with Crippen molar-refractivity contribution < 1.29 is 22.4 Å². The highest BCUT2D eigenvalue weighted by atomic mass is 32.2. The van der Waals surface area contributed by atoms with Crippen LogP contribution < -0.4 is 5.32 Å². The van der Waals surface area contributed by atoms with Crippen molar-refractivity contribution in [2.24, 2.45) is 5.92 Å². The number of hydrogen-bond acceptors (Lipinski definition) is 4. The van der Waals surface area contributed by atoms with Crippen LogP contribution in [0.2, 0.25) is 0 Å².